The second-order valence-electron chi connectivity index (χ2n) is 5.60. The number of alkyl halides is 3. The first-order valence-corrected chi connectivity index (χ1v) is 7.96. The molecule has 1 atom stereocenters. The van der Waals surface area contributed by atoms with Crippen molar-refractivity contribution in [3.63, 3.8) is 0 Å². The zero-order chi connectivity index (χ0) is 20.2. The maximum absolute atomic E-state index is 13.5. The highest BCUT2D eigenvalue weighted by Crippen LogP contribution is 2.42. The predicted octanol–water partition coefficient (Wildman–Crippen LogP) is 2.58. The van der Waals surface area contributed by atoms with Gasteiger partial charge in [-0.2, -0.15) is 13.2 Å². The normalized spacial score (nSPS) is 14.6. The van der Waals surface area contributed by atoms with Crippen LogP contribution in [-0.4, -0.2) is 35.5 Å². The van der Waals surface area contributed by atoms with Crippen molar-refractivity contribution in [1.29, 1.82) is 0 Å². The fraction of sp³-hybridized carbons (Fsp3) is 0.333. The summed E-state index contributed by atoms with van der Waals surface area (Å²) in [4.78, 5) is 16.2. The Kier molecular flexibility index (Phi) is 5.94. The molecule has 0 fully saturated rings. The van der Waals surface area contributed by atoms with Crippen LogP contribution in [0.25, 0.3) is 0 Å². The van der Waals surface area contributed by atoms with Gasteiger partial charge in [0.1, 0.15) is 16.9 Å². The summed E-state index contributed by atoms with van der Waals surface area (Å²) in [6.45, 7) is 1.03. The molecule has 6 nitrogen and oxygen atoms in total. The summed E-state index contributed by atoms with van der Waals surface area (Å²) in [6, 6.07) is 8.38. The third-order valence-electron chi connectivity index (χ3n) is 3.84. The zero-order valence-corrected chi connectivity index (χ0v) is 14.9. The average Bonchev–Trinajstić information content (AvgIpc) is 2.62. The summed E-state index contributed by atoms with van der Waals surface area (Å²) < 4.78 is 51.7. The molecule has 2 aromatic rings. The molecule has 0 saturated carbocycles. The van der Waals surface area contributed by atoms with Crippen LogP contribution in [0.1, 0.15) is 12.5 Å². The van der Waals surface area contributed by atoms with Gasteiger partial charge in [0.05, 0.1) is 13.7 Å². The number of hydrogen-bond donors (Lipinski definition) is 1. The first-order chi connectivity index (χ1) is 12.6. The lowest BCUT2D eigenvalue weighted by molar-refractivity contribution is -0.267. The minimum atomic E-state index is -5.28. The summed E-state index contributed by atoms with van der Waals surface area (Å²) in [5, 5.41) is 10.2. The Hall–Kier alpha value is -2.81. The third-order valence-corrected chi connectivity index (χ3v) is 3.84. The SMILES string of the molecule is CCOC(=O)C(O)(c1ccc(N=c2ccccn2C)c(OC)c1)C(F)(F)F. The Bertz CT molecular complexity index is 893. The van der Waals surface area contributed by atoms with Crippen LogP contribution in [0.5, 0.6) is 5.75 Å². The van der Waals surface area contributed by atoms with Gasteiger partial charge in [-0.1, -0.05) is 12.1 Å². The van der Waals surface area contributed by atoms with Crippen molar-refractivity contribution in [2.75, 3.05) is 13.7 Å². The lowest BCUT2D eigenvalue weighted by atomic mass is 9.92. The summed E-state index contributed by atoms with van der Waals surface area (Å²) in [7, 11) is 3.00. The molecule has 0 aliphatic rings. The topological polar surface area (TPSA) is 73.0 Å². The van der Waals surface area contributed by atoms with Gasteiger partial charge in [-0.15, -0.1) is 0 Å². The number of esters is 1. The van der Waals surface area contributed by atoms with Crippen LogP contribution in [0.3, 0.4) is 0 Å². The summed E-state index contributed by atoms with van der Waals surface area (Å²) in [6.07, 6.45) is -3.53. The molecular formula is C18H19F3N2O4. The Labute approximate surface area is 153 Å². The molecule has 0 bridgehead atoms. The van der Waals surface area contributed by atoms with E-state index in [1.54, 1.807) is 36.0 Å². The third kappa shape index (κ3) is 3.97. The van der Waals surface area contributed by atoms with Crippen LogP contribution in [-0.2, 0) is 22.2 Å². The number of nitrogens with zero attached hydrogens (tertiary/aromatic N) is 2. The van der Waals surface area contributed by atoms with Gasteiger partial charge in [-0.3, -0.25) is 0 Å². The van der Waals surface area contributed by atoms with Crippen LogP contribution in [0.15, 0.2) is 47.6 Å². The lowest BCUT2D eigenvalue weighted by Crippen LogP contribution is -2.50. The zero-order valence-electron chi connectivity index (χ0n) is 14.9. The standard InChI is InChI=1S/C18H19F3N2O4/c1-4-27-16(24)17(25,18(19,20)21)12-8-9-13(14(11-12)26-3)22-15-7-5-6-10-23(15)2/h5-11,25H,4H2,1-3H3. The van der Waals surface area contributed by atoms with E-state index in [0.29, 0.717) is 5.49 Å². The fourth-order valence-electron chi connectivity index (χ4n) is 2.38. The van der Waals surface area contributed by atoms with Gasteiger partial charge in [0, 0.05) is 18.8 Å². The minimum Gasteiger partial charge on any atom is -0.494 e. The fourth-order valence-corrected chi connectivity index (χ4v) is 2.38. The van der Waals surface area contributed by atoms with Crippen LogP contribution in [0.2, 0.25) is 0 Å². The maximum atomic E-state index is 13.5. The number of aryl methyl sites for hydroxylation is 1. The van der Waals surface area contributed by atoms with Crippen LogP contribution >= 0.6 is 0 Å². The molecule has 0 radical (unpaired) electrons. The Balaban J connectivity index is 2.62. The molecule has 0 aliphatic carbocycles. The number of methoxy groups -OCH3 is 1. The van der Waals surface area contributed by atoms with E-state index in [4.69, 9.17) is 4.74 Å². The van der Waals surface area contributed by atoms with Crippen molar-refractivity contribution in [2.45, 2.75) is 18.7 Å². The molecule has 2 rings (SSSR count). The Morgan fingerprint density at radius 3 is 2.52 bits per heavy atom. The van der Waals surface area contributed by atoms with Crippen LogP contribution in [0, 0.1) is 0 Å². The maximum Gasteiger partial charge on any atom is 0.432 e. The van der Waals surface area contributed by atoms with Crippen molar-refractivity contribution in [3.8, 4) is 5.75 Å². The monoisotopic (exact) mass is 384 g/mol. The molecule has 1 aromatic carbocycles. The number of pyridine rings is 1. The van der Waals surface area contributed by atoms with Gasteiger partial charge in [0.25, 0.3) is 5.60 Å². The van der Waals surface area contributed by atoms with Crippen molar-refractivity contribution >= 4 is 11.7 Å². The number of carbonyl (C=O) groups excluding carboxylic acids is 1. The number of carbonyl (C=O) groups is 1. The number of aliphatic hydroxyl groups is 1. The molecule has 1 N–H and O–H groups in total. The van der Waals surface area contributed by atoms with E-state index in [9.17, 15) is 23.1 Å². The highest BCUT2D eigenvalue weighted by atomic mass is 19.4. The highest BCUT2D eigenvalue weighted by Gasteiger charge is 2.62. The van der Waals surface area contributed by atoms with Crippen molar-refractivity contribution in [2.24, 2.45) is 12.0 Å². The van der Waals surface area contributed by atoms with Gasteiger partial charge in [-0.25, -0.2) is 9.79 Å². The Morgan fingerprint density at radius 2 is 1.96 bits per heavy atom. The number of aromatic nitrogens is 1. The molecule has 0 saturated heterocycles. The Morgan fingerprint density at radius 1 is 1.26 bits per heavy atom. The number of benzene rings is 1. The molecule has 1 heterocycles. The van der Waals surface area contributed by atoms with Crippen LogP contribution < -0.4 is 10.2 Å². The van der Waals surface area contributed by atoms with E-state index in [-0.39, 0.29) is 18.0 Å². The molecule has 1 aromatic heterocycles. The first kappa shape index (κ1) is 20.5. The number of halogens is 3. The van der Waals surface area contributed by atoms with Gasteiger partial charge in [-0.05, 0) is 31.2 Å². The summed E-state index contributed by atoms with van der Waals surface area (Å²) in [5.74, 6) is -1.85. The smallest absolute Gasteiger partial charge is 0.432 e. The van der Waals surface area contributed by atoms with Crippen molar-refractivity contribution in [3.05, 3.63) is 53.6 Å². The predicted molar refractivity (Wildman–Crippen MR) is 90.2 cm³/mol. The quantitative estimate of drug-likeness (QED) is 0.805. The average molecular weight is 384 g/mol. The van der Waals surface area contributed by atoms with Gasteiger partial charge < -0.3 is 19.1 Å². The van der Waals surface area contributed by atoms with E-state index in [1.807, 2.05) is 0 Å². The summed E-state index contributed by atoms with van der Waals surface area (Å²) >= 11 is 0. The minimum absolute atomic E-state index is 0.0386. The van der Waals surface area contributed by atoms with E-state index in [1.165, 1.54) is 20.1 Å². The second-order valence-corrected chi connectivity index (χ2v) is 5.60. The van der Waals surface area contributed by atoms with E-state index in [0.717, 1.165) is 12.1 Å². The van der Waals surface area contributed by atoms with E-state index < -0.39 is 23.3 Å². The molecule has 27 heavy (non-hydrogen) atoms. The van der Waals surface area contributed by atoms with Crippen molar-refractivity contribution < 1.29 is 32.5 Å². The lowest BCUT2D eigenvalue weighted by Gasteiger charge is -2.28. The first-order valence-electron chi connectivity index (χ1n) is 7.96. The molecule has 0 amide bonds. The van der Waals surface area contributed by atoms with Gasteiger partial charge in [0.15, 0.2) is 0 Å². The van der Waals surface area contributed by atoms with E-state index in [2.05, 4.69) is 9.73 Å². The van der Waals surface area contributed by atoms with E-state index >= 15 is 0 Å². The molecule has 1 unspecified atom stereocenters. The van der Waals surface area contributed by atoms with Gasteiger partial charge >= 0.3 is 12.1 Å². The largest absolute Gasteiger partial charge is 0.494 e. The van der Waals surface area contributed by atoms with Crippen molar-refractivity contribution in [1.82, 2.24) is 4.57 Å². The number of hydrogen-bond acceptors (Lipinski definition) is 5. The molecule has 0 spiro atoms. The van der Waals surface area contributed by atoms with Crippen LogP contribution in [0.4, 0.5) is 18.9 Å². The molecular weight excluding hydrogens is 365 g/mol. The molecule has 0 aliphatic heterocycles. The van der Waals surface area contributed by atoms with Gasteiger partial charge in [0.2, 0.25) is 0 Å². The second kappa shape index (κ2) is 7.83. The molecule has 146 valence electrons. The number of rotatable bonds is 5. The number of ether oxygens (including phenoxy) is 2. The molecule has 9 heteroatoms. The summed E-state index contributed by atoms with van der Waals surface area (Å²) in [5.41, 5.74) is -3.77. The highest BCUT2D eigenvalue weighted by molar-refractivity contribution is 5.82.